The summed E-state index contributed by atoms with van der Waals surface area (Å²) >= 11 is 6.42. The Labute approximate surface area is 154 Å². The summed E-state index contributed by atoms with van der Waals surface area (Å²) in [5.74, 6) is -0.500. The van der Waals surface area contributed by atoms with Gasteiger partial charge < -0.3 is 4.74 Å². The highest BCUT2D eigenvalue weighted by atomic mass is 35.5. The van der Waals surface area contributed by atoms with Crippen LogP contribution in [0.3, 0.4) is 0 Å². The molecule has 0 spiro atoms. The van der Waals surface area contributed by atoms with Crippen molar-refractivity contribution in [1.29, 1.82) is 0 Å². The van der Waals surface area contributed by atoms with Gasteiger partial charge in [0.05, 0.1) is 21.9 Å². The average Bonchev–Trinajstić information content (AvgIpc) is 2.99. The van der Waals surface area contributed by atoms with Crippen molar-refractivity contribution in [2.75, 3.05) is 0 Å². The number of esters is 1. The summed E-state index contributed by atoms with van der Waals surface area (Å²) in [6, 6.07) is 9.47. The molecule has 7 heteroatoms. The fourth-order valence-corrected chi connectivity index (χ4v) is 3.15. The van der Waals surface area contributed by atoms with Crippen LogP contribution in [-0.4, -0.2) is 25.6 Å². The highest BCUT2D eigenvalue weighted by molar-refractivity contribution is 6.32. The molecule has 0 fully saturated rings. The fourth-order valence-electron chi connectivity index (χ4n) is 2.95. The van der Waals surface area contributed by atoms with Crippen molar-refractivity contribution in [1.82, 2.24) is 19.6 Å². The molecule has 0 aliphatic heterocycles. The van der Waals surface area contributed by atoms with E-state index in [1.54, 1.807) is 29.9 Å². The SMILES string of the molecule is Cc1nn2cccnc2c1C(=O)OCc1nc2ccccc2c(C)c1Cl. The lowest BCUT2D eigenvalue weighted by molar-refractivity contribution is 0.0469. The van der Waals surface area contributed by atoms with E-state index in [0.717, 1.165) is 16.5 Å². The molecule has 0 unspecified atom stereocenters. The summed E-state index contributed by atoms with van der Waals surface area (Å²) in [5, 5.41) is 5.76. The second-order valence-electron chi connectivity index (χ2n) is 5.94. The van der Waals surface area contributed by atoms with Crippen molar-refractivity contribution >= 4 is 34.1 Å². The highest BCUT2D eigenvalue weighted by Gasteiger charge is 2.20. The zero-order valence-electron chi connectivity index (χ0n) is 14.2. The molecular formula is C19H15ClN4O2. The zero-order chi connectivity index (χ0) is 18.3. The molecule has 1 aromatic carbocycles. The maximum Gasteiger partial charge on any atom is 0.344 e. The summed E-state index contributed by atoms with van der Waals surface area (Å²) in [5.41, 5.74) is 3.62. The predicted molar refractivity (Wildman–Crippen MR) is 98.3 cm³/mol. The van der Waals surface area contributed by atoms with Gasteiger partial charge in [-0.15, -0.1) is 0 Å². The minimum atomic E-state index is -0.500. The monoisotopic (exact) mass is 366 g/mol. The number of aryl methyl sites for hydroxylation is 2. The van der Waals surface area contributed by atoms with Gasteiger partial charge >= 0.3 is 5.97 Å². The van der Waals surface area contributed by atoms with Crippen LogP contribution in [0.4, 0.5) is 0 Å². The van der Waals surface area contributed by atoms with E-state index in [4.69, 9.17) is 16.3 Å². The van der Waals surface area contributed by atoms with Crippen LogP contribution >= 0.6 is 11.6 Å². The number of hydrogen-bond acceptors (Lipinski definition) is 5. The van der Waals surface area contributed by atoms with Crippen molar-refractivity contribution in [3.63, 3.8) is 0 Å². The van der Waals surface area contributed by atoms with Crippen molar-refractivity contribution in [3.05, 3.63) is 70.3 Å². The van der Waals surface area contributed by atoms with Crippen LogP contribution in [-0.2, 0) is 11.3 Å². The number of hydrogen-bond donors (Lipinski definition) is 0. The molecule has 0 atom stereocenters. The Morgan fingerprint density at radius 3 is 2.88 bits per heavy atom. The minimum Gasteiger partial charge on any atom is -0.455 e. The summed E-state index contributed by atoms with van der Waals surface area (Å²) in [7, 11) is 0. The van der Waals surface area contributed by atoms with E-state index < -0.39 is 5.97 Å². The third kappa shape index (κ3) is 2.68. The van der Waals surface area contributed by atoms with Crippen LogP contribution in [0.15, 0.2) is 42.7 Å². The quantitative estimate of drug-likeness (QED) is 0.514. The molecule has 0 radical (unpaired) electrons. The lowest BCUT2D eigenvalue weighted by Gasteiger charge is -2.10. The Morgan fingerprint density at radius 2 is 2.04 bits per heavy atom. The van der Waals surface area contributed by atoms with E-state index in [1.165, 1.54) is 0 Å². The second-order valence-corrected chi connectivity index (χ2v) is 6.32. The summed E-state index contributed by atoms with van der Waals surface area (Å²) < 4.78 is 7.02. The molecule has 0 aliphatic carbocycles. The normalized spacial score (nSPS) is 11.2. The molecule has 26 heavy (non-hydrogen) atoms. The third-order valence-electron chi connectivity index (χ3n) is 4.26. The summed E-state index contributed by atoms with van der Waals surface area (Å²) in [6.07, 6.45) is 3.34. The van der Waals surface area contributed by atoms with Crippen LogP contribution in [0.2, 0.25) is 5.02 Å². The molecule has 0 saturated heterocycles. The zero-order valence-corrected chi connectivity index (χ0v) is 15.0. The molecule has 3 aromatic heterocycles. The number of benzene rings is 1. The number of carbonyl (C=O) groups excluding carboxylic acids is 1. The van der Waals surface area contributed by atoms with Gasteiger partial charge in [-0.1, -0.05) is 29.8 Å². The van der Waals surface area contributed by atoms with Crippen molar-refractivity contribution < 1.29 is 9.53 Å². The molecular weight excluding hydrogens is 352 g/mol. The van der Waals surface area contributed by atoms with Gasteiger partial charge in [-0.25, -0.2) is 19.3 Å². The number of nitrogens with zero attached hydrogens (tertiary/aromatic N) is 4. The van der Waals surface area contributed by atoms with Crippen LogP contribution in [0.1, 0.15) is 27.3 Å². The first-order chi connectivity index (χ1) is 12.6. The number of halogens is 1. The summed E-state index contributed by atoms with van der Waals surface area (Å²) in [6.45, 7) is 3.65. The standard InChI is InChI=1S/C19H15ClN4O2/c1-11-13-6-3-4-7-14(13)22-15(17(11)20)10-26-19(25)16-12(2)23-24-9-5-8-21-18(16)24/h3-9H,10H2,1-2H3. The number of para-hydroxylation sites is 1. The third-order valence-corrected chi connectivity index (χ3v) is 4.76. The van der Waals surface area contributed by atoms with Crippen LogP contribution < -0.4 is 0 Å². The number of ether oxygens (including phenoxy) is 1. The number of rotatable bonds is 3. The van der Waals surface area contributed by atoms with Crippen LogP contribution in [0.5, 0.6) is 0 Å². The Hall–Kier alpha value is -2.99. The van der Waals surface area contributed by atoms with Gasteiger partial charge in [0.25, 0.3) is 0 Å². The number of fused-ring (bicyclic) bond motifs is 2. The van der Waals surface area contributed by atoms with Gasteiger partial charge in [0.2, 0.25) is 0 Å². The average molecular weight is 367 g/mol. The number of carbonyl (C=O) groups is 1. The molecule has 0 N–H and O–H groups in total. The molecule has 4 rings (SSSR count). The molecule has 130 valence electrons. The van der Waals surface area contributed by atoms with Gasteiger partial charge in [0, 0.05) is 17.8 Å². The van der Waals surface area contributed by atoms with Gasteiger partial charge in [-0.05, 0) is 31.5 Å². The maximum atomic E-state index is 12.6. The largest absolute Gasteiger partial charge is 0.455 e. The number of aromatic nitrogens is 4. The Kier molecular flexibility index (Phi) is 4.05. The first-order valence-corrected chi connectivity index (χ1v) is 8.45. The molecule has 6 nitrogen and oxygen atoms in total. The first-order valence-electron chi connectivity index (χ1n) is 8.07. The molecule has 0 saturated carbocycles. The van der Waals surface area contributed by atoms with E-state index in [2.05, 4.69) is 15.1 Å². The predicted octanol–water partition coefficient (Wildman–Crippen LogP) is 3.90. The van der Waals surface area contributed by atoms with E-state index in [0.29, 0.717) is 27.6 Å². The number of pyridine rings is 1. The van der Waals surface area contributed by atoms with Gasteiger partial charge in [-0.2, -0.15) is 5.10 Å². The lowest BCUT2D eigenvalue weighted by atomic mass is 10.1. The fraction of sp³-hybridized carbons (Fsp3) is 0.158. The maximum absolute atomic E-state index is 12.6. The van der Waals surface area contributed by atoms with Crippen molar-refractivity contribution in [3.8, 4) is 0 Å². The Balaban J connectivity index is 1.65. The van der Waals surface area contributed by atoms with Crippen LogP contribution in [0.25, 0.3) is 16.6 Å². The minimum absolute atomic E-state index is 0.0209. The molecule has 0 amide bonds. The molecule has 0 bridgehead atoms. The molecule has 3 heterocycles. The van der Waals surface area contributed by atoms with E-state index >= 15 is 0 Å². The van der Waals surface area contributed by atoms with Crippen molar-refractivity contribution in [2.24, 2.45) is 0 Å². The van der Waals surface area contributed by atoms with E-state index in [-0.39, 0.29) is 6.61 Å². The molecule has 0 aliphatic rings. The van der Waals surface area contributed by atoms with Crippen LogP contribution in [0, 0.1) is 13.8 Å². The van der Waals surface area contributed by atoms with Gasteiger partial charge in [0.15, 0.2) is 5.65 Å². The van der Waals surface area contributed by atoms with Gasteiger partial charge in [-0.3, -0.25) is 0 Å². The Bertz CT molecular complexity index is 1150. The smallest absolute Gasteiger partial charge is 0.344 e. The topological polar surface area (TPSA) is 69.4 Å². The molecule has 4 aromatic rings. The highest BCUT2D eigenvalue weighted by Crippen LogP contribution is 2.27. The van der Waals surface area contributed by atoms with E-state index in [9.17, 15) is 4.79 Å². The van der Waals surface area contributed by atoms with Gasteiger partial charge in [0.1, 0.15) is 12.2 Å². The Morgan fingerprint density at radius 1 is 1.23 bits per heavy atom. The first kappa shape index (κ1) is 16.5. The van der Waals surface area contributed by atoms with E-state index in [1.807, 2.05) is 31.2 Å². The van der Waals surface area contributed by atoms with Crippen molar-refractivity contribution in [2.45, 2.75) is 20.5 Å². The summed E-state index contributed by atoms with van der Waals surface area (Å²) in [4.78, 5) is 21.3. The second kappa shape index (κ2) is 6.38. The lowest BCUT2D eigenvalue weighted by Crippen LogP contribution is -2.08.